The summed E-state index contributed by atoms with van der Waals surface area (Å²) < 4.78 is 0. The molecule has 1 saturated heterocycles. The predicted octanol–water partition coefficient (Wildman–Crippen LogP) is 2.86. The molecule has 3 rings (SSSR count). The van der Waals surface area contributed by atoms with Gasteiger partial charge in [0.15, 0.2) is 5.13 Å². The largest absolute Gasteiger partial charge is 0.477 e. The molecular formula is C13H18N2O2S. The molecule has 1 aliphatic carbocycles. The summed E-state index contributed by atoms with van der Waals surface area (Å²) in [6.07, 6.45) is 8.19. The van der Waals surface area contributed by atoms with Crippen LogP contribution in [0.25, 0.3) is 0 Å². The molecule has 0 aromatic carbocycles. The number of rotatable bonds is 2. The molecule has 98 valence electrons. The Balaban J connectivity index is 1.71. The minimum atomic E-state index is -0.869. The summed E-state index contributed by atoms with van der Waals surface area (Å²) in [5.74, 6) is 0.824. The molecule has 0 radical (unpaired) electrons. The highest BCUT2D eigenvalue weighted by atomic mass is 32.1. The van der Waals surface area contributed by atoms with Gasteiger partial charge in [-0.1, -0.05) is 30.6 Å². The number of hydrogen-bond donors (Lipinski definition) is 1. The van der Waals surface area contributed by atoms with Crippen LogP contribution in [-0.4, -0.2) is 29.1 Å². The number of nitrogens with zero attached hydrogens (tertiary/aromatic N) is 2. The first-order valence-electron chi connectivity index (χ1n) is 6.68. The van der Waals surface area contributed by atoms with Gasteiger partial charge in [-0.2, -0.15) is 0 Å². The van der Waals surface area contributed by atoms with Crippen LogP contribution in [0.15, 0.2) is 6.20 Å². The summed E-state index contributed by atoms with van der Waals surface area (Å²) in [7, 11) is 0. The molecule has 2 unspecified atom stereocenters. The lowest BCUT2D eigenvalue weighted by Gasteiger charge is -2.41. The zero-order valence-electron chi connectivity index (χ0n) is 10.3. The van der Waals surface area contributed by atoms with E-state index in [1.165, 1.54) is 49.6 Å². The third kappa shape index (κ3) is 2.23. The van der Waals surface area contributed by atoms with E-state index in [2.05, 4.69) is 9.88 Å². The number of fused-ring (bicyclic) bond motifs is 1. The molecule has 18 heavy (non-hydrogen) atoms. The van der Waals surface area contributed by atoms with E-state index < -0.39 is 5.97 Å². The monoisotopic (exact) mass is 266 g/mol. The summed E-state index contributed by atoms with van der Waals surface area (Å²) in [5.41, 5.74) is 0. The van der Waals surface area contributed by atoms with Gasteiger partial charge in [0.05, 0.1) is 6.20 Å². The Bertz CT molecular complexity index is 446. The summed E-state index contributed by atoms with van der Waals surface area (Å²) in [5, 5.41) is 9.82. The van der Waals surface area contributed by atoms with E-state index in [1.807, 2.05) is 0 Å². The van der Waals surface area contributed by atoms with Gasteiger partial charge in [0.25, 0.3) is 0 Å². The summed E-state index contributed by atoms with van der Waals surface area (Å²) in [4.78, 5) is 17.8. The Morgan fingerprint density at radius 3 is 2.83 bits per heavy atom. The molecule has 1 aromatic rings. The van der Waals surface area contributed by atoms with Gasteiger partial charge >= 0.3 is 5.97 Å². The number of thiazole rings is 1. The average Bonchev–Trinajstić information content (AvgIpc) is 2.88. The molecule has 0 spiro atoms. The van der Waals surface area contributed by atoms with Crippen LogP contribution in [0.3, 0.4) is 0 Å². The van der Waals surface area contributed by atoms with Crippen LogP contribution in [0.5, 0.6) is 0 Å². The van der Waals surface area contributed by atoms with Crippen LogP contribution in [-0.2, 0) is 0 Å². The Kier molecular flexibility index (Phi) is 3.24. The molecule has 0 amide bonds. The van der Waals surface area contributed by atoms with Gasteiger partial charge in [-0.15, -0.1) is 0 Å². The lowest BCUT2D eigenvalue weighted by Crippen LogP contribution is -2.41. The molecule has 1 saturated carbocycles. The summed E-state index contributed by atoms with van der Waals surface area (Å²) in [6, 6.07) is 0. The van der Waals surface area contributed by atoms with E-state index in [1.54, 1.807) is 0 Å². The van der Waals surface area contributed by atoms with E-state index in [-0.39, 0.29) is 0 Å². The standard InChI is InChI=1S/C13H18N2O2S/c16-12(17)11-7-14-13(18-11)15-6-5-9-3-1-2-4-10(9)8-15/h7,9-10H,1-6,8H2,(H,16,17). The van der Waals surface area contributed by atoms with Crippen molar-refractivity contribution in [2.24, 2.45) is 11.8 Å². The van der Waals surface area contributed by atoms with Crippen LogP contribution >= 0.6 is 11.3 Å². The van der Waals surface area contributed by atoms with Crippen LogP contribution < -0.4 is 4.90 Å². The van der Waals surface area contributed by atoms with Crippen LogP contribution in [0.4, 0.5) is 5.13 Å². The second-order valence-electron chi connectivity index (χ2n) is 5.35. The average molecular weight is 266 g/mol. The lowest BCUT2D eigenvalue weighted by atomic mass is 9.75. The molecule has 2 heterocycles. The van der Waals surface area contributed by atoms with E-state index >= 15 is 0 Å². The minimum Gasteiger partial charge on any atom is -0.477 e. The minimum absolute atomic E-state index is 0.343. The Labute approximate surface area is 111 Å². The first-order valence-corrected chi connectivity index (χ1v) is 7.50. The number of aromatic nitrogens is 1. The van der Waals surface area contributed by atoms with Gasteiger partial charge in [0, 0.05) is 13.1 Å². The zero-order valence-corrected chi connectivity index (χ0v) is 11.2. The van der Waals surface area contributed by atoms with Crippen LogP contribution in [0.2, 0.25) is 0 Å². The molecule has 2 atom stereocenters. The van der Waals surface area contributed by atoms with Crippen LogP contribution in [0, 0.1) is 11.8 Å². The number of piperidine rings is 1. The second kappa shape index (κ2) is 4.88. The summed E-state index contributed by atoms with van der Waals surface area (Å²) in [6.45, 7) is 2.10. The maximum absolute atomic E-state index is 10.9. The van der Waals surface area contributed by atoms with Crippen molar-refractivity contribution in [3.63, 3.8) is 0 Å². The number of carboxylic acid groups (broad SMARTS) is 1. The Morgan fingerprint density at radius 2 is 2.11 bits per heavy atom. The van der Waals surface area contributed by atoms with Gasteiger partial charge < -0.3 is 10.0 Å². The van der Waals surface area contributed by atoms with E-state index in [9.17, 15) is 4.79 Å². The molecule has 1 N–H and O–H groups in total. The number of carboxylic acids is 1. The fourth-order valence-corrected chi connectivity index (χ4v) is 4.07. The maximum atomic E-state index is 10.9. The van der Waals surface area contributed by atoms with Gasteiger partial charge in [-0.05, 0) is 24.7 Å². The molecule has 0 bridgehead atoms. The lowest BCUT2D eigenvalue weighted by molar-refractivity contribution is 0.0702. The van der Waals surface area contributed by atoms with E-state index in [0.717, 1.165) is 30.1 Å². The zero-order chi connectivity index (χ0) is 12.5. The SMILES string of the molecule is O=C(O)c1cnc(N2CCC3CCCCC3C2)s1. The number of carbonyl (C=O) groups is 1. The predicted molar refractivity (Wildman–Crippen MR) is 71.4 cm³/mol. The first-order chi connectivity index (χ1) is 8.74. The molecule has 1 aromatic heterocycles. The highest BCUT2D eigenvalue weighted by Crippen LogP contribution is 2.38. The van der Waals surface area contributed by atoms with Crippen molar-refractivity contribution in [2.75, 3.05) is 18.0 Å². The van der Waals surface area contributed by atoms with Crippen LogP contribution in [0.1, 0.15) is 41.8 Å². The third-order valence-corrected chi connectivity index (χ3v) is 5.31. The molecule has 4 nitrogen and oxygen atoms in total. The molecule has 2 aliphatic rings. The molecular weight excluding hydrogens is 248 g/mol. The Hall–Kier alpha value is -1.10. The highest BCUT2D eigenvalue weighted by Gasteiger charge is 2.32. The fourth-order valence-electron chi connectivity index (χ4n) is 3.28. The maximum Gasteiger partial charge on any atom is 0.347 e. The van der Waals surface area contributed by atoms with Crippen molar-refractivity contribution in [3.05, 3.63) is 11.1 Å². The van der Waals surface area contributed by atoms with E-state index in [0.29, 0.717) is 4.88 Å². The van der Waals surface area contributed by atoms with Crippen molar-refractivity contribution in [3.8, 4) is 0 Å². The second-order valence-corrected chi connectivity index (χ2v) is 6.36. The van der Waals surface area contributed by atoms with Crippen molar-refractivity contribution in [1.82, 2.24) is 4.98 Å². The van der Waals surface area contributed by atoms with Gasteiger partial charge in [-0.3, -0.25) is 0 Å². The highest BCUT2D eigenvalue weighted by molar-refractivity contribution is 7.17. The van der Waals surface area contributed by atoms with E-state index in [4.69, 9.17) is 5.11 Å². The summed E-state index contributed by atoms with van der Waals surface area (Å²) >= 11 is 1.30. The molecule has 5 heteroatoms. The van der Waals surface area contributed by atoms with Crippen molar-refractivity contribution in [2.45, 2.75) is 32.1 Å². The Morgan fingerprint density at radius 1 is 1.33 bits per heavy atom. The van der Waals surface area contributed by atoms with Crippen molar-refractivity contribution >= 4 is 22.4 Å². The van der Waals surface area contributed by atoms with Gasteiger partial charge in [0.1, 0.15) is 4.88 Å². The van der Waals surface area contributed by atoms with Crippen molar-refractivity contribution < 1.29 is 9.90 Å². The number of aromatic carboxylic acids is 1. The molecule has 2 fully saturated rings. The van der Waals surface area contributed by atoms with Gasteiger partial charge in [0.2, 0.25) is 0 Å². The van der Waals surface area contributed by atoms with Gasteiger partial charge in [-0.25, -0.2) is 9.78 Å². The quantitative estimate of drug-likeness (QED) is 0.894. The van der Waals surface area contributed by atoms with Crippen molar-refractivity contribution in [1.29, 1.82) is 0 Å². The topological polar surface area (TPSA) is 53.4 Å². The smallest absolute Gasteiger partial charge is 0.347 e. The molecule has 1 aliphatic heterocycles. The fraction of sp³-hybridized carbons (Fsp3) is 0.692. The number of anilines is 1. The first kappa shape index (κ1) is 12.0. The number of hydrogen-bond acceptors (Lipinski definition) is 4. The third-order valence-electron chi connectivity index (χ3n) is 4.27. The normalized spacial score (nSPS) is 27.9.